The van der Waals surface area contributed by atoms with Crippen LogP contribution in [-0.2, 0) is 0 Å². The molecule has 0 fully saturated rings. The molecule has 4 N–H and O–H groups in total. The molecule has 1 heterocycles. The Kier molecular flexibility index (Phi) is 4.49. The van der Waals surface area contributed by atoms with Crippen LogP contribution in [0.5, 0.6) is 0 Å². The van der Waals surface area contributed by atoms with Crippen LogP contribution in [0.25, 0.3) is 5.69 Å². The fourth-order valence-corrected chi connectivity index (χ4v) is 1.63. The summed E-state index contributed by atoms with van der Waals surface area (Å²) in [5, 5.41) is 15.1. The second kappa shape index (κ2) is 6.31. The van der Waals surface area contributed by atoms with Gasteiger partial charge in [0.15, 0.2) is 5.69 Å². The van der Waals surface area contributed by atoms with E-state index in [1.807, 2.05) is 0 Å². The molecular weight excluding hydrogens is 282 g/mol. The number of hydrogen-bond donors (Lipinski definition) is 3. The van der Waals surface area contributed by atoms with Crippen molar-refractivity contribution in [1.82, 2.24) is 15.1 Å². The number of nitrogens with two attached hydrogens (primary N) is 1. The third-order valence-corrected chi connectivity index (χ3v) is 2.72. The van der Waals surface area contributed by atoms with Crippen LogP contribution in [0.2, 0.25) is 0 Å². The summed E-state index contributed by atoms with van der Waals surface area (Å²) >= 11 is 0. The minimum absolute atomic E-state index is 0.0545. The summed E-state index contributed by atoms with van der Waals surface area (Å²) in [5.74, 6) is -0.641. The first-order chi connectivity index (χ1) is 9.97. The van der Waals surface area contributed by atoms with Gasteiger partial charge in [-0.2, -0.15) is 5.10 Å². The molecule has 0 saturated carbocycles. The summed E-state index contributed by atoms with van der Waals surface area (Å²) in [6, 6.07) is 8.32. The van der Waals surface area contributed by atoms with Crippen LogP contribution < -0.4 is 11.1 Å². The number of anilines is 1. The van der Waals surface area contributed by atoms with E-state index in [1.165, 1.54) is 10.7 Å². The maximum atomic E-state index is 12.1. The van der Waals surface area contributed by atoms with E-state index in [2.05, 4.69) is 10.4 Å². The molecule has 1 unspecified atom stereocenters. The van der Waals surface area contributed by atoms with Crippen molar-refractivity contribution in [3.63, 3.8) is 0 Å². The van der Waals surface area contributed by atoms with Crippen LogP contribution >= 0.6 is 0 Å². The third kappa shape index (κ3) is 3.76. The Hall–Kier alpha value is -2.48. The van der Waals surface area contributed by atoms with Gasteiger partial charge in [-0.15, -0.1) is 0 Å². The van der Waals surface area contributed by atoms with Gasteiger partial charge < -0.3 is 16.2 Å². The van der Waals surface area contributed by atoms with Crippen LogP contribution in [-0.4, -0.2) is 39.9 Å². The lowest BCUT2D eigenvalue weighted by Gasteiger charge is -2.09. The molecule has 2 rings (SSSR count). The summed E-state index contributed by atoms with van der Waals surface area (Å²) in [6.07, 6.45) is -3.26. The van der Waals surface area contributed by atoms with E-state index < -0.39 is 25.0 Å². The lowest BCUT2D eigenvalue weighted by molar-refractivity contribution is -0.00273. The summed E-state index contributed by atoms with van der Waals surface area (Å²) in [6.45, 7) is -0.540. The molecule has 0 aliphatic carbocycles. The predicted molar refractivity (Wildman–Crippen MR) is 72.3 cm³/mol. The Labute approximate surface area is 119 Å². The number of nitrogen functional groups attached to an aromatic ring is 1. The van der Waals surface area contributed by atoms with Gasteiger partial charge in [0.25, 0.3) is 12.3 Å². The molecule has 21 heavy (non-hydrogen) atoms. The van der Waals surface area contributed by atoms with Crippen LogP contribution in [0, 0.1) is 0 Å². The molecule has 1 amide bonds. The highest BCUT2D eigenvalue weighted by Gasteiger charge is 2.18. The molecule has 0 radical (unpaired) electrons. The third-order valence-electron chi connectivity index (χ3n) is 2.72. The molecule has 1 aromatic carbocycles. The van der Waals surface area contributed by atoms with Crippen LogP contribution in [0.3, 0.4) is 0 Å². The molecule has 0 spiro atoms. The summed E-state index contributed by atoms with van der Waals surface area (Å²) in [4.78, 5) is 11.7. The van der Waals surface area contributed by atoms with Gasteiger partial charge in [-0.25, -0.2) is 13.5 Å². The zero-order valence-electron chi connectivity index (χ0n) is 10.9. The molecular formula is C13H14F2N4O2. The van der Waals surface area contributed by atoms with Gasteiger partial charge in [-0.3, -0.25) is 4.79 Å². The Morgan fingerprint density at radius 2 is 2.19 bits per heavy atom. The van der Waals surface area contributed by atoms with Gasteiger partial charge in [0.1, 0.15) is 6.10 Å². The number of benzene rings is 1. The fourth-order valence-electron chi connectivity index (χ4n) is 1.63. The molecule has 8 heteroatoms. The van der Waals surface area contributed by atoms with Crippen molar-refractivity contribution in [3.8, 4) is 5.69 Å². The minimum Gasteiger partial charge on any atom is -0.399 e. The molecule has 0 bridgehead atoms. The van der Waals surface area contributed by atoms with Crippen LogP contribution in [0.1, 0.15) is 10.5 Å². The van der Waals surface area contributed by atoms with E-state index in [0.29, 0.717) is 11.4 Å². The molecule has 1 atom stereocenters. The number of alkyl halides is 2. The van der Waals surface area contributed by atoms with Gasteiger partial charge in [0.2, 0.25) is 0 Å². The molecule has 0 aliphatic rings. The van der Waals surface area contributed by atoms with Crippen LogP contribution in [0.4, 0.5) is 14.5 Å². The monoisotopic (exact) mass is 296 g/mol. The standard InChI is InChI=1S/C13H14F2N4O2/c14-12(15)11(20)7-17-13(21)10-4-5-19(18-10)9-3-1-2-8(16)6-9/h1-6,11-12,20H,7,16H2,(H,17,21). The maximum absolute atomic E-state index is 12.1. The lowest BCUT2D eigenvalue weighted by Crippen LogP contribution is -2.36. The zero-order valence-corrected chi connectivity index (χ0v) is 10.9. The lowest BCUT2D eigenvalue weighted by atomic mass is 10.3. The van der Waals surface area contributed by atoms with E-state index in [4.69, 9.17) is 10.8 Å². The van der Waals surface area contributed by atoms with Gasteiger partial charge in [-0.05, 0) is 24.3 Å². The number of aliphatic hydroxyl groups excluding tert-OH is 1. The van der Waals surface area contributed by atoms with E-state index in [-0.39, 0.29) is 5.69 Å². The summed E-state index contributed by atoms with van der Waals surface area (Å²) in [5.41, 5.74) is 6.93. The Morgan fingerprint density at radius 3 is 2.86 bits per heavy atom. The average Bonchev–Trinajstić information content (AvgIpc) is 2.94. The normalized spacial score (nSPS) is 12.4. The van der Waals surface area contributed by atoms with E-state index in [9.17, 15) is 13.6 Å². The second-order valence-electron chi connectivity index (χ2n) is 4.35. The van der Waals surface area contributed by atoms with Gasteiger partial charge in [0, 0.05) is 18.4 Å². The van der Waals surface area contributed by atoms with Gasteiger partial charge in [0.05, 0.1) is 5.69 Å². The zero-order chi connectivity index (χ0) is 15.4. The number of nitrogens with one attached hydrogen (secondary N) is 1. The van der Waals surface area contributed by atoms with Gasteiger partial charge in [-0.1, -0.05) is 6.07 Å². The van der Waals surface area contributed by atoms with Crippen molar-refractivity contribution >= 4 is 11.6 Å². The SMILES string of the molecule is Nc1cccc(-n2ccc(C(=O)NCC(O)C(F)F)n2)c1. The molecule has 2 aromatic rings. The summed E-state index contributed by atoms with van der Waals surface area (Å²) in [7, 11) is 0. The molecule has 0 saturated heterocycles. The number of halogens is 2. The van der Waals surface area contributed by atoms with Crippen molar-refractivity contribution < 1.29 is 18.7 Å². The average molecular weight is 296 g/mol. The smallest absolute Gasteiger partial charge is 0.271 e. The number of carbonyl (C=O) groups excluding carboxylic acids is 1. The topological polar surface area (TPSA) is 93.2 Å². The highest BCUT2D eigenvalue weighted by molar-refractivity contribution is 5.92. The first-order valence-corrected chi connectivity index (χ1v) is 6.13. The van der Waals surface area contributed by atoms with Crippen molar-refractivity contribution in [2.45, 2.75) is 12.5 Å². The maximum Gasteiger partial charge on any atom is 0.271 e. The van der Waals surface area contributed by atoms with Crippen molar-refractivity contribution in [1.29, 1.82) is 0 Å². The van der Waals surface area contributed by atoms with Crippen molar-refractivity contribution in [2.75, 3.05) is 12.3 Å². The van der Waals surface area contributed by atoms with Crippen LogP contribution in [0.15, 0.2) is 36.5 Å². The minimum atomic E-state index is -2.91. The Balaban J connectivity index is 2.04. The molecule has 0 aliphatic heterocycles. The number of nitrogens with zero attached hydrogens (tertiary/aromatic N) is 2. The highest BCUT2D eigenvalue weighted by Crippen LogP contribution is 2.11. The number of rotatable bonds is 5. The second-order valence-corrected chi connectivity index (χ2v) is 4.35. The van der Waals surface area contributed by atoms with E-state index in [0.717, 1.165) is 0 Å². The summed E-state index contributed by atoms with van der Waals surface area (Å²) < 4.78 is 25.7. The van der Waals surface area contributed by atoms with Gasteiger partial charge >= 0.3 is 0 Å². The Morgan fingerprint density at radius 1 is 1.43 bits per heavy atom. The molecule has 6 nitrogen and oxygen atoms in total. The quantitative estimate of drug-likeness (QED) is 0.712. The highest BCUT2D eigenvalue weighted by atomic mass is 19.3. The fraction of sp³-hybridized carbons (Fsp3) is 0.231. The van der Waals surface area contributed by atoms with Crippen molar-refractivity contribution in [3.05, 3.63) is 42.2 Å². The number of aliphatic hydroxyl groups is 1. The Bertz CT molecular complexity index is 630. The number of amides is 1. The predicted octanol–water partition coefficient (Wildman–Crippen LogP) is 0.810. The first-order valence-electron chi connectivity index (χ1n) is 6.13. The van der Waals surface area contributed by atoms with E-state index >= 15 is 0 Å². The number of aromatic nitrogens is 2. The van der Waals surface area contributed by atoms with E-state index in [1.54, 1.807) is 30.5 Å². The van der Waals surface area contributed by atoms with Crippen molar-refractivity contribution in [2.24, 2.45) is 0 Å². The number of carbonyl (C=O) groups is 1. The first kappa shape index (κ1) is 14.9. The molecule has 112 valence electrons. The number of hydrogen-bond acceptors (Lipinski definition) is 4. The molecule has 1 aromatic heterocycles. The largest absolute Gasteiger partial charge is 0.399 e.